The van der Waals surface area contributed by atoms with E-state index in [1.165, 1.54) is 11.1 Å². The molecule has 2 nitrogen and oxygen atoms in total. The Kier molecular flexibility index (Phi) is 7.78. The van der Waals surface area contributed by atoms with Gasteiger partial charge in [-0.1, -0.05) is 68.6 Å². The summed E-state index contributed by atoms with van der Waals surface area (Å²) >= 11 is 7.15. The fraction of sp³-hybridized carbons (Fsp3) is 0.0909. The van der Waals surface area contributed by atoms with Crippen molar-refractivity contribution in [2.24, 2.45) is 0 Å². The molecule has 184 valence electrons. The quantitative estimate of drug-likeness (QED) is 0.180. The van der Waals surface area contributed by atoms with E-state index < -0.39 is 0 Å². The van der Waals surface area contributed by atoms with Crippen molar-refractivity contribution in [1.82, 2.24) is 0 Å². The first-order valence-electron chi connectivity index (χ1n) is 12.4. The maximum atomic E-state index is 3.58. The summed E-state index contributed by atoms with van der Waals surface area (Å²) in [6, 6.07) is 43.2. The zero-order valence-electron chi connectivity index (χ0n) is 20.9. The smallest absolute Gasteiger partial charge is 0.0463 e. The average Bonchev–Trinajstić information content (AvgIpc) is 2.93. The Morgan fingerprint density at radius 1 is 0.432 bits per heavy atom. The van der Waals surface area contributed by atoms with Crippen molar-refractivity contribution in [1.29, 1.82) is 0 Å². The second-order valence-electron chi connectivity index (χ2n) is 9.00. The Bertz CT molecular complexity index is 1400. The summed E-state index contributed by atoms with van der Waals surface area (Å²) in [5.74, 6) is 0. The second-order valence-corrected chi connectivity index (χ2v) is 10.8. The average molecular weight is 612 g/mol. The van der Waals surface area contributed by atoms with Gasteiger partial charge in [0.25, 0.3) is 0 Å². The summed E-state index contributed by atoms with van der Waals surface area (Å²) < 4.78 is 2.13. The molecule has 0 radical (unpaired) electrons. The molecule has 37 heavy (non-hydrogen) atoms. The number of halogens is 2. The van der Waals surface area contributed by atoms with Crippen molar-refractivity contribution in [2.45, 2.75) is 20.3 Å². The van der Waals surface area contributed by atoms with Crippen molar-refractivity contribution < 1.29 is 0 Å². The first-order valence-corrected chi connectivity index (χ1v) is 14.0. The maximum Gasteiger partial charge on any atom is 0.0463 e. The number of hydrogen-bond acceptors (Lipinski definition) is 2. The summed E-state index contributed by atoms with van der Waals surface area (Å²) in [5.41, 5.74) is 9.27. The van der Waals surface area contributed by atoms with Gasteiger partial charge in [-0.15, -0.1) is 0 Å². The van der Waals surface area contributed by atoms with Gasteiger partial charge in [-0.2, -0.15) is 0 Å². The van der Waals surface area contributed by atoms with Crippen LogP contribution in [-0.4, -0.2) is 0 Å². The Morgan fingerprint density at radius 2 is 0.703 bits per heavy atom. The molecule has 0 unspecified atom stereocenters. The standard InChI is InChI=1S/C33H28Br2N2/c1-3-25-6-14-29(15-7-25)37(31-18-10-27(35)11-19-31)33-22-20-32(21-23-33)36(28-12-4-24(2)5-13-28)30-16-8-26(34)9-17-30/h4-23H,3H2,1-2H3. The van der Waals surface area contributed by atoms with E-state index in [0.717, 1.165) is 49.5 Å². The molecule has 0 spiro atoms. The topological polar surface area (TPSA) is 6.48 Å². The predicted octanol–water partition coefficient (Wildman–Crippen LogP) is 11.0. The highest BCUT2D eigenvalue weighted by molar-refractivity contribution is 9.10. The van der Waals surface area contributed by atoms with Crippen LogP contribution in [0.25, 0.3) is 0 Å². The summed E-state index contributed by atoms with van der Waals surface area (Å²) in [6.07, 6.45) is 1.03. The highest BCUT2D eigenvalue weighted by atomic mass is 79.9. The van der Waals surface area contributed by atoms with E-state index in [0.29, 0.717) is 0 Å². The fourth-order valence-electron chi connectivity index (χ4n) is 4.40. The molecule has 4 heteroatoms. The number of benzene rings is 5. The van der Waals surface area contributed by atoms with E-state index in [-0.39, 0.29) is 0 Å². The first-order chi connectivity index (χ1) is 18.0. The van der Waals surface area contributed by atoms with E-state index in [1.807, 2.05) is 0 Å². The molecule has 0 amide bonds. The van der Waals surface area contributed by atoms with E-state index in [4.69, 9.17) is 0 Å². The van der Waals surface area contributed by atoms with Crippen molar-refractivity contribution >= 4 is 66.0 Å². The number of anilines is 6. The molecule has 5 aromatic rings. The second kappa shape index (κ2) is 11.4. The molecular formula is C33H28Br2N2. The lowest BCUT2D eigenvalue weighted by Gasteiger charge is -2.28. The first kappa shape index (κ1) is 25.3. The minimum absolute atomic E-state index is 1.03. The molecular weight excluding hydrogens is 584 g/mol. The number of nitrogens with zero attached hydrogens (tertiary/aromatic N) is 2. The lowest BCUT2D eigenvalue weighted by molar-refractivity contribution is 1.14. The van der Waals surface area contributed by atoms with Gasteiger partial charge in [0.2, 0.25) is 0 Å². The fourth-order valence-corrected chi connectivity index (χ4v) is 4.93. The van der Waals surface area contributed by atoms with Gasteiger partial charge in [0.1, 0.15) is 0 Å². The van der Waals surface area contributed by atoms with Gasteiger partial charge >= 0.3 is 0 Å². The monoisotopic (exact) mass is 610 g/mol. The Balaban J connectivity index is 1.57. The van der Waals surface area contributed by atoms with Gasteiger partial charge < -0.3 is 9.80 Å². The number of rotatable bonds is 7. The van der Waals surface area contributed by atoms with E-state index in [2.05, 4.69) is 177 Å². The molecule has 0 fully saturated rings. The van der Waals surface area contributed by atoms with Gasteiger partial charge in [-0.05, 0) is 116 Å². The van der Waals surface area contributed by atoms with Gasteiger partial charge in [-0.25, -0.2) is 0 Å². The largest absolute Gasteiger partial charge is 0.311 e. The van der Waals surface area contributed by atoms with Crippen LogP contribution in [0.4, 0.5) is 34.1 Å². The molecule has 0 saturated heterocycles. The summed E-state index contributed by atoms with van der Waals surface area (Å²) in [7, 11) is 0. The Hall–Kier alpha value is -3.34. The van der Waals surface area contributed by atoms with Crippen LogP contribution < -0.4 is 9.80 Å². The maximum absolute atomic E-state index is 3.58. The van der Waals surface area contributed by atoms with Crippen molar-refractivity contribution in [3.05, 3.63) is 141 Å². The van der Waals surface area contributed by atoms with Crippen LogP contribution in [-0.2, 0) is 6.42 Å². The Morgan fingerprint density at radius 3 is 1.03 bits per heavy atom. The van der Waals surface area contributed by atoms with E-state index >= 15 is 0 Å². The third-order valence-corrected chi connectivity index (χ3v) is 7.49. The third-order valence-electron chi connectivity index (χ3n) is 6.43. The Labute approximate surface area is 236 Å². The molecule has 0 saturated carbocycles. The van der Waals surface area contributed by atoms with Crippen LogP contribution in [0, 0.1) is 6.92 Å². The van der Waals surface area contributed by atoms with Crippen LogP contribution in [0.3, 0.4) is 0 Å². The predicted molar refractivity (Wildman–Crippen MR) is 165 cm³/mol. The van der Waals surface area contributed by atoms with Crippen LogP contribution in [0.2, 0.25) is 0 Å². The third kappa shape index (κ3) is 5.82. The molecule has 0 aliphatic carbocycles. The molecule has 0 bridgehead atoms. The highest BCUT2D eigenvalue weighted by Crippen LogP contribution is 2.39. The van der Waals surface area contributed by atoms with Crippen LogP contribution in [0.5, 0.6) is 0 Å². The van der Waals surface area contributed by atoms with Gasteiger partial charge in [-0.3, -0.25) is 0 Å². The van der Waals surface area contributed by atoms with Gasteiger partial charge in [0, 0.05) is 43.1 Å². The summed E-state index contributed by atoms with van der Waals surface area (Å²) in [5, 5.41) is 0. The molecule has 0 aliphatic rings. The molecule has 0 aromatic heterocycles. The van der Waals surface area contributed by atoms with Crippen molar-refractivity contribution in [3.63, 3.8) is 0 Å². The molecule has 0 heterocycles. The lowest BCUT2D eigenvalue weighted by Crippen LogP contribution is -2.12. The highest BCUT2D eigenvalue weighted by Gasteiger charge is 2.16. The molecule has 0 N–H and O–H groups in total. The normalized spacial score (nSPS) is 10.8. The lowest BCUT2D eigenvalue weighted by atomic mass is 10.1. The SMILES string of the molecule is CCc1ccc(N(c2ccc(Br)cc2)c2ccc(N(c3ccc(C)cc3)c3ccc(Br)cc3)cc2)cc1. The minimum atomic E-state index is 1.03. The van der Waals surface area contributed by atoms with Crippen LogP contribution in [0.1, 0.15) is 18.1 Å². The van der Waals surface area contributed by atoms with Gasteiger partial charge in [0.05, 0.1) is 0 Å². The zero-order valence-corrected chi connectivity index (χ0v) is 24.1. The number of aryl methyl sites for hydroxylation is 2. The van der Waals surface area contributed by atoms with Gasteiger partial charge in [0.15, 0.2) is 0 Å². The number of hydrogen-bond donors (Lipinski definition) is 0. The van der Waals surface area contributed by atoms with Crippen molar-refractivity contribution in [2.75, 3.05) is 9.80 Å². The molecule has 0 aliphatic heterocycles. The van der Waals surface area contributed by atoms with Crippen LogP contribution in [0.15, 0.2) is 130 Å². The molecule has 5 rings (SSSR count). The summed E-state index contributed by atoms with van der Waals surface area (Å²) in [4.78, 5) is 4.58. The molecule has 0 atom stereocenters. The van der Waals surface area contributed by atoms with E-state index in [1.54, 1.807) is 0 Å². The minimum Gasteiger partial charge on any atom is -0.311 e. The van der Waals surface area contributed by atoms with E-state index in [9.17, 15) is 0 Å². The van der Waals surface area contributed by atoms with Crippen molar-refractivity contribution in [3.8, 4) is 0 Å². The van der Waals surface area contributed by atoms with Crippen LogP contribution >= 0.6 is 31.9 Å². The summed E-state index contributed by atoms with van der Waals surface area (Å²) in [6.45, 7) is 4.30. The molecule has 5 aromatic carbocycles. The zero-order chi connectivity index (χ0) is 25.8.